The van der Waals surface area contributed by atoms with Gasteiger partial charge in [0, 0.05) is 29.6 Å². The summed E-state index contributed by atoms with van der Waals surface area (Å²) in [6.07, 6.45) is 3.24. The van der Waals surface area contributed by atoms with Crippen LogP contribution in [0.15, 0.2) is 45.9 Å². The Hall–Kier alpha value is -1.72. The summed E-state index contributed by atoms with van der Waals surface area (Å²) in [6.45, 7) is 1.14. The lowest BCUT2D eigenvalue weighted by molar-refractivity contribution is 0.0620. The summed E-state index contributed by atoms with van der Waals surface area (Å²) in [5, 5.41) is 1.35. The number of amides is 1. The summed E-state index contributed by atoms with van der Waals surface area (Å²) >= 11 is 7.33. The van der Waals surface area contributed by atoms with Gasteiger partial charge in [-0.25, -0.2) is 0 Å². The van der Waals surface area contributed by atoms with Crippen LogP contribution in [0.2, 0.25) is 5.02 Å². The number of rotatable bonds is 4. The quantitative estimate of drug-likeness (QED) is 0.597. The fraction of sp³-hybridized carbons (Fsp3) is 0.333. The first kappa shape index (κ1) is 17.1. The van der Waals surface area contributed by atoms with Crippen molar-refractivity contribution < 1.29 is 14.0 Å². The zero-order chi connectivity index (χ0) is 17.1. The lowest BCUT2D eigenvalue weighted by Gasteiger charge is -2.30. The molecule has 1 saturated heterocycles. The van der Waals surface area contributed by atoms with E-state index in [1.54, 1.807) is 41.3 Å². The minimum absolute atomic E-state index is 0.0476. The van der Waals surface area contributed by atoms with Crippen LogP contribution >= 0.6 is 23.4 Å². The highest BCUT2D eigenvalue weighted by molar-refractivity contribution is 7.98. The van der Waals surface area contributed by atoms with Gasteiger partial charge in [-0.2, -0.15) is 0 Å². The molecule has 0 N–H and O–H groups in total. The van der Waals surface area contributed by atoms with E-state index < -0.39 is 0 Å². The van der Waals surface area contributed by atoms with Crippen LogP contribution in [0.5, 0.6) is 0 Å². The van der Waals surface area contributed by atoms with Gasteiger partial charge in [0.25, 0.3) is 5.91 Å². The number of likely N-dealkylation sites (tertiary alicyclic amines) is 1. The minimum atomic E-state index is -0.104. The Labute approximate surface area is 150 Å². The van der Waals surface area contributed by atoms with Gasteiger partial charge in [0.05, 0.1) is 0 Å². The predicted molar refractivity (Wildman–Crippen MR) is 94.9 cm³/mol. The summed E-state index contributed by atoms with van der Waals surface area (Å²) in [5.74, 6) is 0.338. The summed E-state index contributed by atoms with van der Waals surface area (Å²) in [4.78, 5) is 26.7. The lowest BCUT2D eigenvalue weighted by atomic mass is 9.89. The Morgan fingerprint density at radius 3 is 2.38 bits per heavy atom. The zero-order valence-corrected chi connectivity index (χ0v) is 14.9. The summed E-state index contributed by atoms with van der Waals surface area (Å²) in [6, 6.07) is 10.5. The second-order valence-corrected chi connectivity index (χ2v) is 7.01. The largest absolute Gasteiger partial charge is 0.445 e. The number of carbonyl (C=O) groups excluding carboxylic acids is 2. The number of furan rings is 1. The molecule has 0 spiro atoms. The lowest BCUT2D eigenvalue weighted by Crippen LogP contribution is -2.40. The number of ketones is 1. The number of piperidine rings is 1. The molecule has 0 aliphatic carbocycles. The number of Topliss-reactive ketones (excluding diaryl/α,β-unsaturated/α-hetero) is 1. The Morgan fingerprint density at radius 1 is 1.12 bits per heavy atom. The first-order valence-corrected chi connectivity index (χ1v) is 9.41. The van der Waals surface area contributed by atoms with Crippen LogP contribution in [0, 0.1) is 5.92 Å². The Bertz CT molecular complexity index is 733. The van der Waals surface area contributed by atoms with Gasteiger partial charge in [-0.3, -0.25) is 9.59 Å². The molecule has 1 aliphatic heterocycles. The molecule has 6 heteroatoms. The van der Waals surface area contributed by atoms with Gasteiger partial charge >= 0.3 is 0 Å². The van der Waals surface area contributed by atoms with Crippen molar-refractivity contribution >= 4 is 35.1 Å². The second-order valence-electron chi connectivity index (χ2n) is 5.76. The topological polar surface area (TPSA) is 50.5 Å². The highest BCUT2D eigenvalue weighted by Gasteiger charge is 2.29. The van der Waals surface area contributed by atoms with E-state index in [0.29, 0.717) is 42.3 Å². The highest BCUT2D eigenvalue weighted by atomic mass is 35.5. The fourth-order valence-electron chi connectivity index (χ4n) is 2.90. The van der Waals surface area contributed by atoms with Gasteiger partial charge in [0.1, 0.15) is 0 Å². The smallest absolute Gasteiger partial charge is 0.289 e. The second kappa shape index (κ2) is 7.45. The summed E-state index contributed by atoms with van der Waals surface area (Å²) in [5.41, 5.74) is 0.680. The Kier molecular flexibility index (Phi) is 5.31. The van der Waals surface area contributed by atoms with Crippen molar-refractivity contribution in [3.8, 4) is 0 Å². The molecule has 3 rings (SSSR count). The molecule has 126 valence electrons. The van der Waals surface area contributed by atoms with Crippen molar-refractivity contribution in [2.24, 2.45) is 5.92 Å². The number of hydrogen-bond donors (Lipinski definition) is 0. The van der Waals surface area contributed by atoms with E-state index in [9.17, 15) is 9.59 Å². The molecule has 4 nitrogen and oxygen atoms in total. The van der Waals surface area contributed by atoms with Crippen molar-refractivity contribution in [2.45, 2.75) is 17.9 Å². The predicted octanol–water partition coefficient (Wildman–Crippen LogP) is 4.39. The van der Waals surface area contributed by atoms with Crippen LogP contribution in [-0.2, 0) is 0 Å². The first-order chi connectivity index (χ1) is 11.6. The van der Waals surface area contributed by atoms with E-state index in [2.05, 4.69) is 0 Å². The molecular weight excluding hydrogens is 346 g/mol. The molecule has 2 aromatic rings. The standard InChI is InChI=1S/C18H18ClNO3S/c1-24-16-7-6-15(23-16)18(22)20-10-8-13(9-11-20)17(21)12-2-4-14(19)5-3-12/h2-7,13H,8-11H2,1H3. The molecule has 1 amide bonds. The molecule has 1 fully saturated rings. The maximum absolute atomic E-state index is 12.5. The molecule has 0 bridgehead atoms. The Balaban J connectivity index is 1.60. The maximum Gasteiger partial charge on any atom is 0.289 e. The van der Waals surface area contributed by atoms with E-state index in [-0.39, 0.29) is 17.6 Å². The molecule has 1 aromatic carbocycles. The molecule has 0 saturated carbocycles. The molecule has 1 aromatic heterocycles. The number of nitrogens with zero attached hydrogens (tertiary/aromatic N) is 1. The van der Waals surface area contributed by atoms with Crippen LogP contribution in [0.4, 0.5) is 0 Å². The monoisotopic (exact) mass is 363 g/mol. The molecule has 1 aliphatic rings. The van der Waals surface area contributed by atoms with Gasteiger partial charge < -0.3 is 9.32 Å². The molecule has 0 atom stereocenters. The third-order valence-electron chi connectivity index (χ3n) is 4.28. The third kappa shape index (κ3) is 3.68. The molecule has 0 radical (unpaired) electrons. The average Bonchev–Trinajstić information content (AvgIpc) is 3.10. The zero-order valence-electron chi connectivity index (χ0n) is 13.3. The van der Waals surface area contributed by atoms with Crippen molar-refractivity contribution in [3.05, 3.63) is 52.7 Å². The fourth-order valence-corrected chi connectivity index (χ4v) is 3.40. The van der Waals surface area contributed by atoms with Crippen LogP contribution < -0.4 is 0 Å². The summed E-state index contributed by atoms with van der Waals surface area (Å²) < 4.78 is 5.49. The van der Waals surface area contributed by atoms with Crippen LogP contribution in [0.3, 0.4) is 0 Å². The van der Waals surface area contributed by atoms with Crippen molar-refractivity contribution in [3.63, 3.8) is 0 Å². The molecule has 0 unspecified atom stereocenters. The number of thioether (sulfide) groups is 1. The van der Waals surface area contributed by atoms with Crippen molar-refractivity contribution in [1.29, 1.82) is 0 Å². The molecule has 2 heterocycles. The minimum Gasteiger partial charge on any atom is -0.445 e. The van der Waals surface area contributed by atoms with Crippen LogP contribution in [-0.4, -0.2) is 35.9 Å². The van der Waals surface area contributed by atoms with E-state index in [1.807, 2.05) is 6.26 Å². The van der Waals surface area contributed by atoms with Gasteiger partial charge in [0.2, 0.25) is 0 Å². The average molecular weight is 364 g/mol. The van der Waals surface area contributed by atoms with Gasteiger partial charge in [-0.15, -0.1) is 0 Å². The molecule has 24 heavy (non-hydrogen) atoms. The first-order valence-electron chi connectivity index (χ1n) is 7.81. The number of carbonyl (C=O) groups is 2. The maximum atomic E-state index is 12.5. The number of halogens is 1. The summed E-state index contributed by atoms with van der Waals surface area (Å²) in [7, 11) is 0. The molecular formula is C18H18ClNO3S. The van der Waals surface area contributed by atoms with E-state index in [0.717, 1.165) is 5.09 Å². The van der Waals surface area contributed by atoms with Crippen LogP contribution in [0.25, 0.3) is 0 Å². The highest BCUT2D eigenvalue weighted by Crippen LogP contribution is 2.25. The number of hydrogen-bond acceptors (Lipinski definition) is 4. The Morgan fingerprint density at radius 2 is 1.79 bits per heavy atom. The van der Waals surface area contributed by atoms with Gasteiger partial charge in [-0.05, 0) is 55.5 Å². The van der Waals surface area contributed by atoms with E-state index in [4.69, 9.17) is 16.0 Å². The van der Waals surface area contributed by atoms with Crippen molar-refractivity contribution in [1.82, 2.24) is 4.90 Å². The normalized spacial score (nSPS) is 15.5. The van der Waals surface area contributed by atoms with Crippen LogP contribution in [0.1, 0.15) is 33.8 Å². The SMILES string of the molecule is CSc1ccc(C(=O)N2CCC(C(=O)c3ccc(Cl)cc3)CC2)o1. The number of benzene rings is 1. The van der Waals surface area contributed by atoms with E-state index >= 15 is 0 Å². The van der Waals surface area contributed by atoms with Gasteiger partial charge in [-0.1, -0.05) is 23.4 Å². The van der Waals surface area contributed by atoms with E-state index in [1.165, 1.54) is 11.8 Å². The van der Waals surface area contributed by atoms with Crippen molar-refractivity contribution in [2.75, 3.05) is 19.3 Å². The van der Waals surface area contributed by atoms with Gasteiger partial charge in [0.15, 0.2) is 16.6 Å². The third-order valence-corrected chi connectivity index (χ3v) is 5.15.